The third-order valence-electron chi connectivity index (χ3n) is 5.97. The summed E-state index contributed by atoms with van der Waals surface area (Å²) in [6.45, 7) is 2.89. The second kappa shape index (κ2) is 12.2. The van der Waals surface area contributed by atoms with E-state index in [2.05, 4.69) is 21.5 Å². The van der Waals surface area contributed by atoms with Gasteiger partial charge in [0.15, 0.2) is 0 Å². The number of hydrogen-bond acceptors (Lipinski definition) is 6. The molecule has 0 bridgehead atoms. The van der Waals surface area contributed by atoms with E-state index in [9.17, 15) is 9.59 Å². The lowest BCUT2D eigenvalue weighted by Gasteiger charge is -2.22. The quantitative estimate of drug-likeness (QED) is 0.407. The Morgan fingerprint density at radius 2 is 2.03 bits per heavy atom. The van der Waals surface area contributed by atoms with Crippen LogP contribution in [0, 0.1) is 12.3 Å². The largest absolute Gasteiger partial charge is 0.494 e. The van der Waals surface area contributed by atoms with E-state index in [0.29, 0.717) is 50.3 Å². The van der Waals surface area contributed by atoms with Crippen LogP contribution in [0.2, 0.25) is 0 Å². The van der Waals surface area contributed by atoms with Crippen molar-refractivity contribution in [3.05, 3.63) is 75.9 Å². The predicted octanol–water partition coefficient (Wildman–Crippen LogP) is 4.88. The van der Waals surface area contributed by atoms with Crippen LogP contribution in [0.4, 0.5) is 9.80 Å². The number of aromatic nitrogens is 1. The maximum Gasteiger partial charge on any atom is 0.407 e. The first-order chi connectivity index (χ1) is 17.6. The second-order valence-corrected chi connectivity index (χ2v) is 9.53. The maximum absolute atomic E-state index is 12.7. The molecule has 0 aliphatic heterocycles. The third kappa shape index (κ3) is 6.43. The average molecular weight is 504 g/mol. The summed E-state index contributed by atoms with van der Waals surface area (Å²) in [6, 6.07) is 11.4. The molecule has 1 atom stereocenters. The third-order valence-corrected chi connectivity index (χ3v) is 7.14. The fraction of sp³-hybridized carbons (Fsp3) is 0.321. The number of amides is 2. The molecular weight excluding hydrogens is 474 g/mol. The molecule has 8 heteroatoms. The molecule has 1 aliphatic carbocycles. The Balaban J connectivity index is 1.33. The summed E-state index contributed by atoms with van der Waals surface area (Å²) in [5.74, 6) is 3.46. The molecule has 2 amide bonds. The summed E-state index contributed by atoms with van der Waals surface area (Å²) in [5, 5.41) is 6.47. The zero-order valence-corrected chi connectivity index (χ0v) is 21.0. The number of rotatable bonds is 9. The van der Waals surface area contributed by atoms with Gasteiger partial charge >= 0.3 is 6.09 Å². The van der Waals surface area contributed by atoms with Crippen LogP contribution in [0.25, 0.3) is 0 Å². The van der Waals surface area contributed by atoms with Crippen LogP contribution in [0.5, 0.6) is 5.75 Å². The molecular formula is C28H29N3O4S. The highest BCUT2D eigenvalue weighted by atomic mass is 32.1. The highest BCUT2D eigenvalue weighted by Gasteiger charge is 2.28. The summed E-state index contributed by atoms with van der Waals surface area (Å²) in [7, 11) is 0. The van der Waals surface area contributed by atoms with Gasteiger partial charge in [-0.05, 0) is 61.1 Å². The van der Waals surface area contributed by atoms with Crippen LogP contribution in [0.1, 0.15) is 46.9 Å². The van der Waals surface area contributed by atoms with E-state index in [1.54, 1.807) is 12.4 Å². The Kier molecular flexibility index (Phi) is 8.58. The van der Waals surface area contributed by atoms with Gasteiger partial charge in [-0.2, -0.15) is 0 Å². The molecule has 1 unspecified atom stereocenters. The molecule has 2 heterocycles. The van der Waals surface area contributed by atoms with E-state index in [1.165, 1.54) is 11.3 Å². The molecule has 1 aromatic carbocycles. The highest BCUT2D eigenvalue weighted by molar-refractivity contribution is 7.16. The Morgan fingerprint density at radius 1 is 1.22 bits per heavy atom. The molecule has 186 valence electrons. The van der Waals surface area contributed by atoms with Crippen molar-refractivity contribution in [2.45, 2.75) is 51.7 Å². The first kappa shape index (κ1) is 25.3. The monoisotopic (exact) mass is 503 g/mol. The van der Waals surface area contributed by atoms with Crippen molar-refractivity contribution in [3.8, 4) is 18.1 Å². The summed E-state index contributed by atoms with van der Waals surface area (Å²) < 4.78 is 11.3. The van der Waals surface area contributed by atoms with Crippen LogP contribution in [0.3, 0.4) is 0 Å². The van der Waals surface area contributed by atoms with Gasteiger partial charge in [-0.25, -0.2) is 4.79 Å². The molecule has 1 aliphatic rings. The number of aryl methyl sites for hydroxylation is 1. The zero-order valence-electron chi connectivity index (χ0n) is 20.2. The van der Waals surface area contributed by atoms with Crippen LogP contribution in [-0.4, -0.2) is 29.7 Å². The fourth-order valence-electron chi connectivity index (χ4n) is 4.21. The number of pyridine rings is 1. The lowest BCUT2D eigenvalue weighted by molar-refractivity contribution is -0.116. The van der Waals surface area contributed by atoms with Crippen molar-refractivity contribution in [2.75, 3.05) is 11.9 Å². The molecule has 7 nitrogen and oxygen atoms in total. The molecule has 0 saturated heterocycles. The Bertz CT molecular complexity index is 1250. The number of carbonyl (C=O) groups excluding carboxylic acids is 2. The minimum absolute atomic E-state index is 0.0975. The van der Waals surface area contributed by atoms with E-state index in [4.69, 9.17) is 15.9 Å². The van der Waals surface area contributed by atoms with E-state index in [1.807, 2.05) is 43.3 Å². The summed E-state index contributed by atoms with van der Waals surface area (Å²) in [6.07, 6.45) is 11.3. The molecule has 36 heavy (non-hydrogen) atoms. The minimum Gasteiger partial charge on any atom is -0.494 e. The number of ether oxygens (including phenoxy) is 2. The van der Waals surface area contributed by atoms with Gasteiger partial charge in [-0.3, -0.25) is 9.78 Å². The predicted molar refractivity (Wildman–Crippen MR) is 140 cm³/mol. The molecule has 0 saturated carbocycles. The van der Waals surface area contributed by atoms with Gasteiger partial charge in [0.1, 0.15) is 16.9 Å². The SMILES string of the molecule is C#Cc1c(NC(=O)CCc2ccccc2OCC)sc2c1CCC(OC(=O)NCc1ccncc1)C2. The Hall–Kier alpha value is -3.83. The summed E-state index contributed by atoms with van der Waals surface area (Å²) in [5.41, 5.74) is 3.75. The molecule has 0 radical (unpaired) electrons. The van der Waals surface area contributed by atoms with E-state index < -0.39 is 6.09 Å². The van der Waals surface area contributed by atoms with Gasteiger partial charge in [0.25, 0.3) is 0 Å². The van der Waals surface area contributed by atoms with Gasteiger partial charge in [-0.1, -0.05) is 24.1 Å². The lowest BCUT2D eigenvalue weighted by Crippen LogP contribution is -2.31. The first-order valence-electron chi connectivity index (χ1n) is 12.0. The van der Waals surface area contributed by atoms with Crippen molar-refractivity contribution in [1.82, 2.24) is 10.3 Å². The van der Waals surface area contributed by atoms with E-state index in [-0.39, 0.29) is 12.0 Å². The van der Waals surface area contributed by atoms with Gasteiger partial charge in [0, 0.05) is 36.7 Å². The van der Waals surface area contributed by atoms with E-state index in [0.717, 1.165) is 32.9 Å². The standard InChI is InChI=1S/C28H29N3O4S/c1-3-22-23-11-10-21(35-28(33)30-18-19-13-15-29-16-14-19)17-25(23)36-27(22)31-26(32)12-9-20-7-5-6-8-24(20)34-4-2/h1,5-8,13-16,21H,4,9-12,17-18H2,2H3,(H,30,33)(H,31,32). The van der Waals surface area contributed by atoms with Crippen LogP contribution >= 0.6 is 11.3 Å². The fourth-order valence-corrected chi connectivity index (χ4v) is 5.50. The molecule has 2 aromatic heterocycles. The molecule has 0 fully saturated rings. The number of terminal acetylenes is 1. The van der Waals surface area contributed by atoms with Gasteiger partial charge < -0.3 is 20.1 Å². The number of carbonyl (C=O) groups is 2. The number of alkyl carbamates (subject to hydrolysis) is 1. The van der Waals surface area contributed by atoms with Crippen molar-refractivity contribution < 1.29 is 19.1 Å². The van der Waals surface area contributed by atoms with Crippen molar-refractivity contribution in [3.63, 3.8) is 0 Å². The number of nitrogens with zero attached hydrogens (tertiary/aromatic N) is 1. The van der Waals surface area contributed by atoms with Crippen LogP contribution < -0.4 is 15.4 Å². The van der Waals surface area contributed by atoms with Crippen molar-refractivity contribution in [1.29, 1.82) is 0 Å². The smallest absolute Gasteiger partial charge is 0.407 e. The van der Waals surface area contributed by atoms with E-state index >= 15 is 0 Å². The molecule has 4 rings (SSSR count). The Labute approximate surface area is 215 Å². The highest BCUT2D eigenvalue weighted by Crippen LogP contribution is 2.38. The van der Waals surface area contributed by atoms with Crippen molar-refractivity contribution in [2.24, 2.45) is 0 Å². The maximum atomic E-state index is 12.7. The van der Waals surface area contributed by atoms with Gasteiger partial charge in [-0.15, -0.1) is 17.8 Å². The van der Waals surface area contributed by atoms with Gasteiger partial charge in [0.2, 0.25) is 5.91 Å². The number of para-hydroxylation sites is 1. The van der Waals surface area contributed by atoms with Crippen molar-refractivity contribution >= 4 is 28.3 Å². The summed E-state index contributed by atoms with van der Waals surface area (Å²) in [4.78, 5) is 30.0. The minimum atomic E-state index is -0.449. The average Bonchev–Trinajstić information content (AvgIpc) is 3.23. The number of nitrogens with one attached hydrogen (secondary N) is 2. The molecule has 3 aromatic rings. The number of thiophene rings is 1. The molecule has 0 spiro atoms. The van der Waals surface area contributed by atoms with Gasteiger partial charge in [0.05, 0.1) is 12.2 Å². The zero-order chi connectivity index (χ0) is 25.3. The molecule has 2 N–H and O–H groups in total. The first-order valence-corrected chi connectivity index (χ1v) is 12.8. The lowest BCUT2D eigenvalue weighted by atomic mass is 9.93. The Morgan fingerprint density at radius 3 is 2.81 bits per heavy atom. The topological polar surface area (TPSA) is 89.5 Å². The number of anilines is 1. The number of benzene rings is 1. The number of fused-ring (bicyclic) bond motifs is 1. The van der Waals surface area contributed by atoms with Crippen LogP contribution in [-0.2, 0) is 35.3 Å². The normalized spacial score (nSPS) is 14.3. The number of hydrogen-bond donors (Lipinski definition) is 2. The summed E-state index contributed by atoms with van der Waals surface area (Å²) >= 11 is 1.47. The second-order valence-electron chi connectivity index (χ2n) is 8.42. The van der Waals surface area contributed by atoms with Crippen LogP contribution in [0.15, 0.2) is 48.8 Å².